The van der Waals surface area contributed by atoms with Gasteiger partial charge in [-0.25, -0.2) is 8.42 Å². The third kappa shape index (κ3) is 3.47. The SMILES string of the molecule is CS(=O)(=O)N1CCN(c2cc(N3CCOCC3)cnn2)CC1. The number of anilines is 2. The molecule has 2 aliphatic heterocycles. The zero-order valence-corrected chi connectivity index (χ0v) is 13.5. The Morgan fingerprint density at radius 1 is 1.05 bits per heavy atom. The minimum absolute atomic E-state index is 0.488. The van der Waals surface area contributed by atoms with E-state index in [-0.39, 0.29) is 0 Å². The Morgan fingerprint density at radius 2 is 1.73 bits per heavy atom. The van der Waals surface area contributed by atoms with Gasteiger partial charge in [-0.3, -0.25) is 0 Å². The number of morpholine rings is 1. The lowest BCUT2D eigenvalue weighted by molar-refractivity contribution is 0.122. The van der Waals surface area contributed by atoms with Gasteiger partial charge in [0, 0.05) is 45.3 Å². The van der Waals surface area contributed by atoms with Crippen molar-refractivity contribution >= 4 is 21.5 Å². The standard InChI is InChI=1S/C13H21N5O3S/c1-22(19,20)18-4-2-17(3-5-18)13-10-12(11-14-15-13)16-6-8-21-9-7-16/h10-11H,2-9H2,1H3. The zero-order valence-electron chi connectivity index (χ0n) is 12.7. The summed E-state index contributed by atoms with van der Waals surface area (Å²) in [7, 11) is -3.11. The van der Waals surface area contributed by atoms with Crippen LogP contribution in [0, 0.1) is 0 Å². The maximum atomic E-state index is 11.6. The molecule has 2 fully saturated rings. The van der Waals surface area contributed by atoms with Crippen molar-refractivity contribution in [1.29, 1.82) is 0 Å². The van der Waals surface area contributed by atoms with Crippen LogP contribution in [0.15, 0.2) is 12.3 Å². The fourth-order valence-electron chi connectivity index (χ4n) is 2.74. The molecule has 0 N–H and O–H groups in total. The van der Waals surface area contributed by atoms with Crippen molar-refractivity contribution < 1.29 is 13.2 Å². The lowest BCUT2D eigenvalue weighted by Crippen LogP contribution is -2.48. The average Bonchev–Trinajstić information content (AvgIpc) is 2.55. The van der Waals surface area contributed by atoms with E-state index in [9.17, 15) is 8.42 Å². The van der Waals surface area contributed by atoms with Crippen LogP contribution in [0.4, 0.5) is 11.5 Å². The molecule has 0 spiro atoms. The number of aromatic nitrogens is 2. The van der Waals surface area contributed by atoms with Crippen LogP contribution < -0.4 is 9.80 Å². The van der Waals surface area contributed by atoms with E-state index in [2.05, 4.69) is 20.0 Å². The van der Waals surface area contributed by atoms with E-state index < -0.39 is 10.0 Å². The van der Waals surface area contributed by atoms with Crippen molar-refractivity contribution in [2.45, 2.75) is 0 Å². The fourth-order valence-corrected chi connectivity index (χ4v) is 3.57. The Bertz CT molecular complexity index is 610. The molecule has 2 saturated heterocycles. The number of nitrogens with zero attached hydrogens (tertiary/aromatic N) is 5. The molecule has 8 nitrogen and oxygen atoms in total. The van der Waals surface area contributed by atoms with Gasteiger partial charge in [-0.2, -0.15) is 9.40 Å². The van der Waals surface area contributed by atoms with E-state index in [1.807, 2.05) is 6.07 Å². The van der Waals surface area contributed by atoms with Crippen LogP contribution in [0.3, 0.4) is 0 Å². The molecule has 3 heterocycles. The second kappa shape index (κ2) is 6.35. The van der Waals surface area contributed by atoms with Gasteiger partial charge in [-0.15, -0.1) is 5.10 Å². The van der Waals surface area contributed by atoms with Gasteiger partial charge in [-0.05, 0) is 0 Å². The molecule has 0 aliphatic carbocycles. The Labute approximate surface area is 130 Å². The van der Waals surface area contributed by atoms with E-state index >= 15 is 0 Å². The summed E-state index contributed by atoms with van der Waals surface area (Å²) in [6, 6.07) is 2.02. The molecule has 0 radical (unpaired) electrons. The second-order valence-electron chi connectivity index (χ2n) is 5.52. The highest BCUT2D eigenvalue weighted by Gasteiger charge is 2.24. The molecule has 0 aromatic carbocycles. The highest BCUT2D eigenvalue weighted by Crippen LogP contribution is 2.21. The van der Waals surface area contributed by atoms with Gasteiger partial charge in [0.1, 0.15) is 0 Å². The minimum atomic E-state index is -3.11. The summed E-state index contributed by atoms with van der Waals surface area (Å²) >= 11 is 0. The van der Waals surface area contributed by atoms with Gasteiger partial charge in [0.25, 0.3) is 0 Å². The number of sulfonamides is 1. The van der Waals surface area contributed by atoms with E-state index in [0.29, 0.717) is 26.2 Å². The van der Waals surface area contributed by atoms with Crippen molar-refractivity contribution in [3.63, 3.8) is 0 Å². The summed E-state index contributed by atoms with van der Waals surface area (Å²) in [5.74, 6) is 0.803. The number of ether oxygens (including phenoxy) is 1. The number of hydrogen-bond donors (Lipinski definition) is 0. The molecule has 122 valence electrons. The molecule has 0 atom stereocenters. The fraction of sp³-hybridized carbons (Fsp3) is 0.692. The van der Waals surface area contributed by atoms with E-state index in [0.717, 1.165) is 37.8 Å². The largest absolute Gasteiger partial charge is 0.378 e. The van der Waals surface area contributed by atoms with Gasteiger partial charge >= 0.3 is 0 Å². The molecule has 22 heavy (non-hydrogen) atoms. The topological polar surface area (TPSA) is 78.9 Å². The summed E-state index contributed by atoms with van der Waals surface area (Å²) in [4.78, 5) is 4.31. The molecule has 1 aromatic rings. The smallest absolute Gasteiger partial charge is 0.211 e. The van der Waals surface area contributed by atoms with Crippen molar-refractivity contribution in [2.75, 3.05) is 68.5 Å². The highest BCUT2D eigenvalue weighted by molar-refractivity contribution is 7.88. The van der Waals surface area contributed by atoms with Gasteiger partial charge in [0.05, 0.1) is 31.4 Å². The Morgan fingerprint density at radius 3 is 2.36 bits per heavy atom. The number of hydrogen-bond acceptors (Lipinski definition) is 7. The lowest BCUT2D eigenvalue weighted by Gasteiger charge is -2.34. The van der Waals surface area contributed by atoms with Gasteiger partial charge in [-0.1, -0.05) is 0 Å². The first-order valence-corrected chi connectivity index (χ1v) is 9.24. The minimum Gasteiger partial charge on any atom is -0.378 e. The molecule has 2 aliphatic rings. The molecule has 0 saturated carbocycles. The lowest BCUT2D eigenvalue weighted by atomic mass is 10.3. The summed E-state index contributed by atoms with van der Waals surface area (Å²) < 4.78 is 30.0. The first-order valence-electron chi connectivity index (χ1n) is 7.39. The van der Waals surface area contributed by atoms with Crippen LogP contribution in [0.25, 0.3) is 0 Å². The van der Waals surface area contributed by atoms with Crippen molar-refractivity contribution in [3.05, 3.63) is 12.3 Å². The Kier molecular flexibility index (Phi) is 4.46. The van der Waals surface area contributed by atoms with Gasteiger partial charge in [0.2, 0.25) is 10.0 Å². The van der Waals surface area contributed by atoms with Crippen LogP contribution in [0.5, 0.6) is 0 Å². The third-order valence-corrected chi connectivity index (χ3v) is 5.34. The maximum Gasteiger partial charge on any atom is 0.211 e. The third-order valence-electron chi connectivity index (χ3n) is 4.04. The quantitative estimate of drug-likeness (QED) is 0.733. The summed E-state index contributed by atoms with van der Waals surface area (Å²) in [5.41, 5.74) is 1.04. The molecular weight excluding hydrogens is 306 g/mol. The Hall–Kier alpha value is -1.45. The van der Waals surface area contributed by atoms with Gasteiger partial charge < -0.3 is 14.5 Å². The highest BCUT2D eigenvalue weighted by atomic mass is 32.2. The van der Waals surface area contributed by atoms with Crippen molar-refractivity contribution in [2.24, 2.45) is 0 Å². The van der Waals surface area contributed by atoms with Crippen LogP contribution in [0.1, 0.15) is 0 Å². The molecule has 0 unspecified atom stereocenters. The average molecular weight is 327 g/mol. The van der Waals surface area contributed by atoms with Crippen molar-refractivity contribution in [1.82, 2.24) is 14.5 Å². The Balaban J connectivity index is 1.68. The van der Waals surface area contributed by atoms with Gasteiger partial charge in [0.15, 0.2) is 5.82 Å². The predicted molar refractivity (Wildman–Crippen MR) is 83.7 cm³/mol. The molecular formula is C13H21N5O3S. The van der Waals surface area contributed by atoms with Crippen LogP contribution >= 0.6 is 0 Å². The molecule has 0 bridgehead atoms. The molecule has 1 aromatic heterocycles. The number of rotatable bonds is 3. The summed E-state index contributed by atoms with van der Waals surface area (Å²) in [5, 5.41) is 8.29. The molecule has 9 heteroatoms. The monoisotopic (exact) mass is 327 g/mol. The van der Waals surface area contributed by atoms with Crippen LogP contribution in [-0.2, 0) is 14.8 Å². The normalized spacial score (nSPS) is 21.1. The van der Waals surface area contributed by atoms with Crippen molar-refractivity contribution in [3.8, 4) is 0 Å². The van der Waals surface area contributed by atoms with Crippen LogP contribution in [-0.4, -0.2) is 81.7 Å². The van der Waals surface area contributed by atoms with E-state index in [4.69, 9.17) is 4.74 Å². The van der Waals surface area contributed by atoms with E-state index in [1.54, 1.807) is 6.20 Å². The summed E-state index contributed by atoms with van der Waals surface area (Å²) in [6.45, 7) is 5.41. The maximum absolute atomic E-state index is 11.6. The summed E-state index contributed by atoms with van der Waals surface area (Å²) in [6.07, 6.45) is 3.02. The zero-order chi connectivity index (χ0) is 15.6. The first kappa shape index (κ1) is 15.4. The molecule has 3 rings (SSSR count). The first-order chi connectivity index (χ1) is 10.5. The molecule has 0 amide bonds. The second-order valence-corrected chi connectivity index (χ2v) is 7.50. The van der Waals surface area contributed by atoms with Crippen LogP contribution in [0.2, 0.25) is 0 Å². The predicted octanol–water partition coefficient (Wildman–Crippen LogP) is -0.605. The van der Waals surface area contributed by atoms with E-state index in [1.165, 1.54) is 10.6 Å². The number of piperazine rings is 1.